The molecule has 0 saturated carbocycles. The van der Waals surface area contributed by atoms with Crippen molar-refractivity contribution < 1.29 is 13.2 Å². The van der Waals surface area contributed by atoms with E-state index in [2.05, 4.69) is 13.8 Å². The third-order valence-corrected chi connectivity index (χ3v) is 3.57. The topological polar surface area (TPSA) is 43.4 Å². The Hall–Kier alpha value is 0.200. The van der Waals surface area contributed by atoms with Crippen LogP contribution >= 0.6 is 10.7 Å². The van der Waals surface area contributed by atoms with Gasteiger partial charge in [0.1, 0.15) is 0 Å². The van der Waals surface area contributed by atoms with Gasteiger partial charge in [0.15, 0.2) is 0 Å². The summed E-state index contributed by atoms with van der Waals surface area (Å²) in [5.74, 6) is 0.658. The Bertz CT molecular complexity index is 262. The van der Waals surface area contributed by atoms with E-state index >= 15 is 0 Å². The molecule has 0 N–H and O–H groups in total. The van der Waals surface area contributed by atoms with Crippen molar-refractivity contribution in [1.82, 2.24) is 0 Å². The first-order valence-corrected chi connectivity index (χ1v) is 8.33. The van der Waals surface area contributed by atoms with Crippen LogP contribution in [0.25, 0.3) is 0 Å². The van der Waals surface area contributed by atoms with Gasteiger partial charge in [-0.2, -0.15) is 0 Å². The van der Waals surface area contributed by atoms with Gasteiger partial charge in [0.05, 0.1) is 12.4 Å². The van der Waals surface area contributed by atoms with Gasteiger partial charge >= 0.3 is 0 Å². The molecule has 0 saturated heterocycles. The molecular formula is C11H23ClO3S. The highest BCUT2D eigenvalue weighted by molar-refractivity contribution is 8.13. The molecule has 0 amide bonds. The lowest BCUT2D eigenvalue weighted by atomic mass is 10.1. The Balaban J connectivity index is 3.85. The van der Waals surface area contributed by atoms with Crippen LogP contribution in [0.15, 0.2) is 0 Å². The molecule has 0 spiro atoms. The van der Waals surface area contributed by atoms with Crippen LogP contribution in [0.4, 0.5) is 0 Å². The van der Waals surface area contributed by atoms with Gasteiger partial charge in [0.2, 0.25) is 9.05 Å². The number of rotatable bonds is 9. The van der Waals surface area contributed by atoms with Crippen molar-refractivity contribution in [2.24, 2.45) is 11.8 Å². The molecule has 0 aromatic rings. The molecule has 0 aliphatic carbocycles. The smallest absolute Gasteiger partial charge is 0.232 e. The minimum Gasteiger partial charge on any atom is -0.381 e. The molecule has 1 unspecified atom stereocenters. The van der Waals surface area contributed by atoms with Crippen LogP contribution in [-0.4, -0.2) is 27.4 Å². The minimum absolute atomic E-state index is 0.0179. The quantitative estimate of drug-likeness (QED) is 0.478. The molecule has 0 aromatic carbocycles. The molecule has 0 heterocycles. The summed E-state index contributed by atoms with van der Waals surface area (Å²) in [5, 5.41) is 0. The highest BCUT2D eigenvalue weighted by atomic mass is 35.7. The molecule has 16 heavy (non-hydrogen) atoms. The van der Waals surface area contributed by atoms with Gasteiger partial charge in [-0.25, -0.2) is 8.42 Å². The Labute approximate surface area is 104 Å². The zero-order chi connectivity index (χ0) is 12.6. The normalized spacial score (nSPS) is 14.3. The number of halogens is 1. The van der Waals surface area contributed by atoms with E-state index < -0.39 is 9.05 Å². The summed E-state index contributed by atoms with van der Waals surface area (Å²) in [7, 11) is 1.84. The predicted octanol–water partition coefficient (Wildman–Crippen LogP) is 3.03. The zero-order valence-electron chi connectivity index (χ0n) is 10.4. The summed E-state index contributed by atoms with van der Waals surface area (Å²) in [5.41, 5.74) is 0. The third-order valence-electron chi connectivity index (χ3n) is 2.32. The number of hydrogen-bond donors (Lipinski definition) is 0. The maximum atomic E-state index is 11.0. The minimum atomic E-state index is -3.41. The fourth-order valence-electron chi connectivity index (χ4n) is 1.47. The molecule has 0 fully saturated rings. The summed E-state index contributed by atoms with van der Waals surface area (Å²) >= 11 is 0. The number of ether oxygens (including phenoxy) is 1. The predicted molar refractivity (Wildman–Crippen MR) is 68.3 cm³/mol. The molecule has 0 aliphatic heterocycles. The highest BCUT2D eigenvalue weighted by Gasteiger charge is 2.16. The number of hydrogen-bond acceptors (Lipinski definition) is 3. The fraction of sp³-hybridized carbons (Fsp3) is 1.00. The lowest BCUT2D eigenvalue weighted by Gasteiger charge is -2.15. The van der Waals surface area contributed by atoms with Gasteiger partial charge < -0.3 is 4.74 Å². The Kier molecular flexibility index (Phi) is 8.42. The first-order chi connectivity index (χ1) is 7.35. The van der Waals surface area contributed by atoms with Gasteiger partial charge in [0.25, 0.3) is 0 Å². The first-order valence-electron chi connectivity index (χ1n) is 5.85. The molecule has 0 bridgehead atoms. The van der Waals surface area contributed by atoms with Crippen molar-refractivity contribution in [3.8, 4) is 0 Å². The second-order valence-electron chi connectivity index (χ2n) is 4.62. The van der Waals surface area contributed by atoms with E-state index in [9.17, 15) is 8.42 Å². The van der Waals surface area contributed by atoms with Crippen molar-refractivity contribution in [1.29, 1.82) is 0 Å². The van der Waals surface area contributed by atoms with E-state index in [1.165, 1.54) is 0 Å². The van der Waals surface area contributed by atoms with E-state index in [1.54, 1.807) is 0 Å². The zero-order valence-corrected chi connectivity index (χ0v) is 12.0. The summed E-state index contributed by atoms with van der Waals surface area (Å²) in [6, 6.07) is 0. The molecule has 5 heteroatoms. The van der Waals surface area contributed by atoms with Gasteiger partial charge in [-0.15, -0.1) is 0 Å². The lowest BCUT2D eigenvalue weighted by molar-refractivity contribution is 0.0942. The molecule has 0 aliphatic rings. The van der Waals surface area contributed by atoms with Crippen LogP contribution in [0.5, 0.6) is 0 Å². The van der Waals surface area contributed by atoms with Crippen LogP contribution in [0, 0.1) is 11.8 Å². The first kappa shape index (κ1) is 16.2. The monoisotopic (exact) mass is 270 g/mol. The molecule has 0 radical (unpaired) electrons. The van der Waals surface area contributed by atoms with E-state index in [0.29, 0.717) is 19.1 Å². The van der Waals surface area contributed by atoms with Gasteiger partial charge in [-0.1, -0.05) is 27.2 Å². The highest BCUT2D eigenvalue weighted by Crippen LogP contribution is 2.13. The summed E-state index contributed by atoms with van der Waals surface area (Å²) in [6.45, 7) is 7.49. The molecule has 98 valence electrons. The van der Waals surface area contributed by atoms with E-state index in [0.717, 1.165) is 19.3 Å². The largest absolute Gasteiger partial charge is 0.381 e. The summed E-state index contributed by atoms with van der Waals surface area (Å²) < 4.78 is 27.4. The van der Waals surface area contributed by atoms with Gasteiger partial charge in [0, 0.05) is 17.3 Å². The summed E-state index contributed by atoms with van der Waals surface area (Å²) in [6.07, 6.45) is 2.80. The average Bonchev–Trinajstić information content (AvgIpc) is 2.09. The Morgan fingerprint density at radius 3 is 2.31 bits per heavy atom. The SMILES string of the molecule is CCCC(COCCC(C)C)CS(=O)(=O)Cl. The maximum absolute atomic E-state index is 11.0. The van der Waals surface area contributed by atoms with Crippen LogP contribution < -0.4 is 0 Å². The Morgan fingerprint density at radius 1 is 1.25 bits per heavy atom. The van der Waals surface area contributed by atoms with Crippen molar-refractivity contribution >= 4 is 19.7 Å². The Morgan fingerprint density at radius 2 is 1.88 bits per heavy atom. The van der Waals surface area contributed by atoms with Crippen LogP contribution in [0.2, 0.25) is 0 Å². The molecule has 0 rings (SSSR count). The van der Waals surface area contributed by atoms with Crippen LogP contribution in [-0.2, 0) is 13.8 Å². The maximum Gasteiger partial charge on any atom is 0.232 e. The van der Waals surface area contributed by atoms with Crippen LogP contribution in [0.1, 0.15) is 40.0 Å². The van der Waals surface area contributed by atoms with Gasteiger partial charge in [-0.05, 0) is 24.7 Å². The fourth-order valence-corrected chi connectivity index (χ4v) is 2.83. The average molecular weight is 271 g/mol. The van der Waals surface area contributed by atoms with Crippen molar-refractivity contribution in [3.63, 3.8) is 0 Å². The van der Waals surface area contributed by atoms with Crippen molar-refractivity contribution in [3.05, 3.63) is 0 Å². The second kappa shape index (κ2) is 8.31. The molecule has 3 nitrogen and oxygen atoms in total. The second-order valence-corrected chi connectivity index (χ2v) is 7.44. The molecular weight excluding hydrogens is 248 g/mol. The third kappa shape index (κ3) is 10.7. The van der Waals surface area contributed by atoms with Crippen molar-refractivity contribution in [2.45, 2.75) is 40.0 Å². The summed E-state index contributed by atoms with van der Waals surface area (Å²) in [4.78, 5) is 0. The van der Waals surface area contributed by atoms with E-state index in [4.69, 9.17) is 15.4 Å². The standard InChI is InChI=1S/C11H23ClO3S/c1-4-5-11(9-16(12,13)14)8-15-7-6-10(2)3/h10-11H,4-9H2,1-3H3. The van der Waals surface area contributed by atoms with E-state index in [-0.39, 0.29) is 11.7 Å². The lowest BCUT2D eigenvalue weighted by Crippen LogP contribution is -2.18. The van der Waals surface area contributed by atoms with Crippen LogP contribution in [0.3, 0.4) is 0 Å². The van der Waals surface area contributed by atoms with Crippen molar-refractivity contribution in [2.75, 3.05) is 19.0 Å². The van der Waals surface area contributed by atoms with Gasteiger partial charge in [-0.3, -0.25) is 0 Å². The molecule has 0 aromatic heterocycles. The van der Waals surface area contributed by atoms with E-state index in [1.807, 2.05) is 6.92 Å². The molecule has 1 atom stereocenters.